The van der Waals surface area contributed by atoms with Crippen molar-refractivity contribution in [3.05, 3.63) is 42.0 Å². The number of hydrogen-bond donors (Lipinski definition) is 1. The molecule has 1 aromatic carbocycles. The van der Waals surface area contributed by atoms with Crippen LogP contribution in [0.2, 0.25) is 0 Å². The molecular formula is C15H19NO3S. The zero-order chi connectivity index (χ0) is 15.0. The third-order valence-electron chi connectivity index (χ3n) is 2.67. The smallest absolute Gasteiger partial charge is 0.244 e. The van der Waals surface area contributed by atoms with Crippen molar-refractivity contribution in [1.82, 2.24) is 4.31 Å². The van der Waals surface area contributed by atoms with Crippen molar-refractivity contribution in [2.45, 2.75) is 18.7 Å². The summed E-state index contributed by atoms with van der Waals surface area (Å²) < 4.78 is 26.3. The highest BCUT2D eigenvalue weighted by Gasteiger charge is 2.22. The van der Waals surface area contributed by atoms with E-state index in [0.29, 0.717) is 0 Å². The van der Waals surface area contributed by atoms with E-state index in [-0.39, 0.29) is 24.6 Å². The van der Waals surface area contributed by atoms with Crippen LogP contribution in [-0.2, 0) is 10.0 Å². The van der Waals surface area contributed by atoms with Crippen molar-refractivity contribution in [2.75, 3.05) is 19.7 Å². The molecular weight excluding hydrogens is 274 g/mol. The van der Waals surface area contributed by atoms with E-state index in [1.807, 2.05) is 6.92 Å². The van der Waals surface area contributed by atoms with Crippen LogP contribution in [0.5, 0.6) is 0 Å². The molecule has 0 fully saturated rings. The molecule has 4 nitrogen and oxygen atoms in total. The van der Waals surface area contributed by atoms with Gasteiger partial charge >= 0.3 is 0 Å². The number of hydrogen-bond acceptors (Lipinski definition) is 3. The summed E-state index contributed by atoms with van der Waals surface area (Å²) in [6, 6.07) is 6.71. The van der Waals surface area contributed by atoms with Crippen molar-refractivity contribution in [2.24, 2.45) is 0 Å². The lowest BCUT2D eigenvalue weighted by atomic mass is 10.2. The van der Waals surface area contributed by atoms with Crippen LogP contribution >= 0.6 is 0 Å². The lowest BCUT2D eigenvalue weighted by Crippen LogP contribution is -2.31. The summed E-state index contributed by atoms with van der Waals surface area (Å²) in [4.78, 5) is 0.249. The van der Waals surface area contributed by atoms with Gasteiger partial charge in [0.2, 0.25) is 10.0 Å². The fourth-order valence-electron chi connectivity index (χ4n) is 1.54. The second kappa shape index (κ2) is 7.85. The minimum absolute atomic E-state index is 0.113. The molecule has 0 saturated carbocycles. The molecule has 0 radical (unpaired) electrons. The van der Waals surface area contributed by atoms with Gasteiger partial charge in [-0.05, 0) is 26.0 Å². The Labute approximate surface area is 120 Å². The summed E-state index contributed by atoms with van der Waals surface area (Å²) in [5, 5.41) is 8.72. The number of aryl methyl sites for hydroxylation is 1. The fraction of sp³-hybridized carbons (Fsp3) is 0.333. The Kier molecular flexibility index (Phi) is 6.46. The first kappa shape index (κ1) is 16.4. The fourth-order valence-corrected chi connectivity index (χ4v) is 2.84. The van der Waals surface area contributed by atoms with Gasteiger partial charge in [-0.25, -0.2) is 8.42 Å². The van der Waals surface area contributed by atoms with Crippen molar-refractivity contribution >= 4 is 10.0 Å². The molecule has 0 spiro atoms. The maximum Gasteiger partial charge on any atom is 0.244 e. The quantitative estimate of drug-likeness (QED) is 0.639. The Morgan fingerprint density at radius 3 is 2.45 bits per heavy atom. The maximum absolute atomic E-state index is 12.5. The zero-order valence-electron chi connectivity index (χ0n) is 11.7. The first-order valence-electron chi connectivity index (χ1n) is 6.24. The summed E-state index contributed by atoms with van der Waals surface area (Å²) in [5.74, 6) is 5.45. The molecule has 0 aliphatic carbocycles. The van der Waals surface area contributed by atoms with E-state index in [2.05, 4.69) is 11.8 Å². The molecule has 0 unspecified atom stereocenters. The van der Waals surface area contributed by atoms with Crippen LogP contribution in [0.3, 0.4) is 0 Å². The number of aliphatic hydroxyl groups excluding tert-OH is 1. The number of rotatable bonds is 6. The molecule has 0 saturated heterocycles. The van der Waals surface area contributed by atoms with E-state index >= 15 is 0 Å². The molecule has 20 heavy (non-hydrogen) atoms. The first-order chi connectivity index (χ1) is 9.52. The zero-order valence-corrected chi connectivity index (χ0v) is 12.5. The summed E-state index contributed by atoms with van der Waals surface area (Å²) >= 11 is 0. The van der Waals surface area contributed by atoms with Crippen LogP contribution in [0.1, 0.15) is 12.5 Å². The summed E-state index contributed by atoms with van der Waals surface area (Å²) in [7, 11) is -3.57. The van der Waals surface area contributed by atoms with Crippen LogP contribution in [-0.4, -0.2) is 37.5 Å². The SMILES string of the molecule is CC#CCN(C/C=C\CO)S(=O)(=O)c1ccc(C)cc1. The third-order valence-corrected chi connectivity index (χ3v) is 4.50. The van der Waals surface area contributed by atoms with E-state index in [1.54, 1.807) is 37.3 Å². The highest BCUT2D eigenvalue weighted by atomic mass is 32.2. The molecule has 1 N–H and O–H groups in total. The largest absolute Gasteiger partial charge is 0.392 e. The molecule has 0 aromatic heterocycles. The molecule has 0 amide bonds. The Hall–Kier alpha value is -1.61. The topological polar surface area (TPSA) is 57.6 Å². The normalized spacial score (nSPS) is 11.6. The van der Waals surface area contributed by atoms with Gasteiger partial charge in [0.25, 0.3) is 0 Å². The minimum atomic E-state index is -3.57. The first-order valence-corrected chi connectivity index (χ1v) is 7.68. The number of benzene rings is 1. The van der Waals surface area contributed by atoms with Crippen LogP contribution in [0, 0.1) is 18.8 Å². The maximum atomic E-state index is 12.5. The van der Waals surface area contributed by atoms with Gasteiger partial charge in [-0.1, -0.05) is 35.8 Å². The van der Waals surface area contributed by atoms with Crippen LogP contribution < -0.4 is 0 Å². The number of nitrogens with zero attached hydrogens (tertiary/aromatic N) is 1. The van der Waals surface area contributed by atoms with E-state index in [9.17, 15) is 8.42 Å². The summed E-state index contributed by atoms with van der Waals surface area (Å²) in [6.45, 7) is 3.77. The van der Waals surface area contributed by atoms with E-state index < -0.39 is 10.0 Å². The van der Waals surface area contributed by atoms with Crippen LogP contribution in [0.25, 0.3) is 0 Å². The average molecular weight is 293 g/mol. The highest BCUT2D eigenvalue weighted by Crippen LogP contribution is 2.16. The lowest BCUT2D eigenvalue weighted by Gasteiger charge is -2.18. The highest BCUT2D eigenvalue weighted by molar-refractivity contribution is 7.89. The van der Waals surface area contributed by atoms with E-state index in [1.165, 1.54) is 10.4 Å². The molecule has 1 aromatic rings. The van der Waals surface area contributed by atoms with Gasteiger partial charge in [-0.15, -0.1) is 5.92 Å². The molecule has 0 bridgehead atoms. The van der Waals surface area contributed by atoms with Crippen molar-refractivity contribution in [3.8, 4) is 11.8 Å². The second-order valence-electron chi connectivity index (χ2n) is 4.19. The van der Waals surface area contributed by atoms with Gasteiger partial charge < -0.3 is 5.11 Å². The predicted octanol–water partition coefficient (Wildman–Crippen LogP) is 1.56. The Morgan fingerprint density at radius 2 is 1.90 bits per heavy atom. The molecule has 1 rings (SSSR count). The monoisotopic (exact) mass is 293 g/mol. The number of sulfonamides is 1. The molecule has 0 heterocycles. The van der Waals surface area contributed by atoms with Crippen LogP contribution in [0.15, 0.2) is 41.3 Å². The van der Waals surface area contributed by atoms with Gasteiger partial charge in [-0.2, -0.15) is 4.31 Å². The van der Waals surface area contributed by atoms with Crippen LogP contribution in [0.4, 0.5) is 0 Å². The number of aliphatic hydroxyl groups is 1. The predicted molar refractivity (Wildman–Crippen MR) is 79.6 cm³/mol. The van der Waals surface area contributed by atoms with Crippen molar-refractivity contribution in [3.63, 3.8) is 0 Å². The molecule has 108 valence electrons. The average Bonchev–Trinajstić information content (AvgIpc) is 2.43. The minimum Gasteiger partial charge on any atom is -0.392 e. The Balaban J connectivity index is 3.05. The van der Waals surface area contributed by atoms with Gasteiger partial charge in [0.05, 0.1) is 18.0 Å². The standard InChI is InChI=1S/C15H19NO3S/c1-3-4-11-16(12-5-6-13-17)20(18,19)15-9-7-14(2)8-10-15/h5-10,17H,11-13H2,1-2H3/b6-5-. The summed E-state index contributed by atoms with van der Waals surface area (Å²) in [5.41, 5.74) is 1.00. The molecule has 0 aliphatic heterocycles. The molecule has 0 aliphatic rings. The Morgan fingerprint density at radius 1 is 1.25 bits per heavy atom. The lowest BCUT2D eigenvalue weighted by molar-refractivity contribution is 0.342. The van der Waals surface area contributed by atoms with E-state index in [0.717, 1.165) is 5.56 Å². The van der Waals surface area contributed by atoms with Gasteiger partial charge in [0.1, 0.15) is 0 Å². The van der Waals surface area contributed by atoms with Crippen molar-refractivity contribution < 1.29 is 13.5 Å². The Bertz CT molecular complexity index is 607. The van der Waals surface area contributed by atoms with E-state index in [4.69, 9.17) is 5.11 Å². The van der Waals surface area contributed by atoms with Gasteiger partial charge in [0, 0.05) is 6.54 Å². The third kappa shape index (κ3) is 4.49. The van der Waals surface area contributed by atoms with Gasteiger partial charge in [0.15, 0.2) is 0 Å². The van der Waals surface area contributed by atoms with Crippen molar-refractivity contribution in [1.29, 1.82) is 0 Å². The molecule has 5 heteroatoms. The molecule has 0 atom stereocenters. The second-order valence-corrected chi connectivity index (χ2v) is 6.13. The summed E-state index contributed by atoms with van der Waals surface area (Å²) in [6.07, 6.45) is 3.13. The van der Waals surface area contributed by atoms with Gasteiger partial charge in [-0.3, -0.25) is 0 Å².